The van der Waals surface area contributed by atoms with Gasteiger partial charge in [0, 0.05) is 19.0 Å². The van der Waals surface area contributed by atoms with Crippen LogP contribution in [0, 0.1) is 5.92 Å². The molecule has 122 valence electrons. The Balaban J connectivity index is 4.52. The van der Waals surface area contributed by atoms with Gasteiger partial charge in [0.2, 0.25) is 0 Å². The number of aliphatic carboxylic acids is 2. The standard InChI is InChI=1S/C13H25N3O5/c1-8(2)10(7-16(3)4)15-13(21)14-9(12(19)20)5-6-11(17)18/h8-10H,5-7H2,1-4H3,(H,17,18)(H,19,20)(H2,14,15,21)/t9-,10?/m0/s1. The summed E-state index contributed by atoms with van der Waals surface area (Å²) in [4.78, 5) is 35.2. The van der Waals surface area contributed by atoms with E-state index in [9.17, 15) is 14.4 Å². The van der Waals surface area contributed by atoms with Crippen molar-refractivity contribution < 1.29 is 24.6 Å². The Kier molecular flexibility index (Phi) is 8.37. The van der Waals surface area contributed by atoms with Gasteiger partial charge < -0.3 is 25.7 Å². The molecule has 0 saturated heterocycles. The minimum absolute atomic E-state index is 0.131. The number of urea groups is 1. The molecule has 0 aliphatic heterocycles. The summed E-state index contributed by atoms with van der Waals surface area (Å²) in [6.07, 6.45) is -0.472. The fraction of sp³-hybridized carbons (Fsp3) is 0.769. The van der Waals surface area contributed by atoms with E-state index in [-0.39, 0.29) is 24.8 Å². The van der Waals surface area contributed by atoms with Crippen LogP contribution in [0.4, 0.5) is 4.79 Å². The van der Waals surface area contributed by atoms with Crippen LogP contribution in [0.3, 0.4) is 0 Å². The number of amides is 2. The van der Waals surface area contributed by atoms with Crippen LogP contribution in [-0.2, 0) is 9.59 Å². The molecule has 0 radical (unpaired) electrons. The van der Waals surface area contributed by atoms with Gasteiger partial charge in [-0.05, 0) is 26.4 Å². The number of carboxylic acids is 2. The maximum Gasteiger partial charge on any atom is 0.326 e. The van der Waals surface area contributed by atoms with Gasteiger partial charge in [0.05, 0.1) is 0 Å². The van der Waals surface area contributed by atoms with Crippen LogP contribution in [-0.4, -0.2) is 65.8 Å². The quantitative estimate of drug-likeness (QED) is 0.483. The lowest BCUT2D eigenvalue weighted by molar-refractivity contribution is -0.140. The van der Waals surface area contributed by atoms with Crippen molar-refractivity contribution in [2.45, 2.75) is 38.8 Å². The summed E-state index contributed by atoms with van der Waals surface area (Å²) in [6.45, 7) is 4.53. The second-order valence-corrected chi connectivity index (χ2v) is 5.55. The molecule has 4 N–H and O–H groups in total. The fourth-order valence-corrected chi connectivity index (χ4v) is 1.71. The largest absolute Gasteiger partial charge is 0.481 e. The third kappa shape index (κ3) is 8.85. The van der Waals surface area contributed by atoms with Crippen LogP contribution in [0.15, 0.2) is 0 Å². The molecule has 0 rings (SSSR count). The fourth-order valence-electron chi connectivity index (χ4n) is 1.71. The lowest BCUT2D eigenvalue weighted by atomic mass is 10.0. The highest BCUT2D eigenvalue weighted by atomic mass is 16.4. The van der Waals surface area contributed by atoms with Gasteiger partial charge in [-0.3, -0.25) is 4.79 Å². The number of likely N-dealkylation sites (N-methyl/N-ethyl adjacent to an activating group) is 1. The molecule has 0 saturated carbocycles. The lowest BCUT2D eigenvalue weighted by Gasteiger charge is -2.26. The van der Waals surface area contributed by atoms with Crippen molar-refractivity contribution in [2.24, 2.45) is 5.92 Å². The highest BCUT2D eigenvalue weighted by Gasteiger charge is 2.23. The molecule has 0 fully saturated rings. The molecule has 2 amide bonds. The first-order valence-electron chi connectivity index (χ1n) is 6.79. The van der Waals surface area contributed by atoms with Gasteiger partial charge in [-0.25, -0.2) is 9.59 Å². The molecule has 0 spiro atoms. The minimum Gasteiger partial charge on any atom is -0.481 e. The number of carboxylic acid groups (broad SMARTS) is 2. The van der Waals surface area contributed by atoms with Crippen molar-refractivity contribution in [3.8, 4) is 0 Å². The first-order valence-corrected chi connectivity index (χ1v) is 6.79. The van der Waals surface area contributed by atoms with E-state index in [0.29, 0.717) is 6.54 Å². The molecule has 0 bridgehead atoms. The van der Waals surface area contributed by atoms with Crippen molar-refractivity contribution >= 4 is 18.0 Å². The zero-order chi connectivity index (χ0) is 16.6. The Hall–Kier alpha value is -1.83. The minimum atomic E-state index is -1.25. The lowest BCUT2D eigenvalue weighted by Crippen LogP contribution is -2.52. The second-order valence-electron chi connectivity index (χ2n) is 5.55. The Morgan fingerprint density at radius 3 is 2.05 bits per heavy atom. The van der Waals surface area contributed by atoms with Gasteiger partial charge in [-0.15, -0.1) is 0 Å². The highest BCUT2D eigenvalue weighted by molar-refractivity contribution is 5.83. The van der Waals surface area contributed by atoms with Gasteiger partial charge in [0.25, 0.3) is 0 Å². The van der Waals surface area contributed by atoms with E-state index in [1.807, 2.05) is 32.8 Å². The van der Waals surface area contributed by atoms with Crippen molar-refractivity contribution in [1.29, 1.82) is 0 Å². The molecule has 2 atom stereocenters. The molecule has 0 heterocycles. The Bertz CT molecular complexity index is 371. The number of nitrogens with one attached hydrogen (secondary N) is 2. The molecular formula is C13H25N3O5. The van der Waals surface area contributed by atoms with Crippen molar-refractivity contribution in [2.75, 3.05) is 20.6 Å². The highest BCUT2D eigenvalue weighted by Crippen LogP contribution is 2.03. The Labute approximate surface area is 124 Å². The van der Waals surface area contributed by atoms with Crippen molar-refractivity contribution in [1.82, 2.24) is 15.5 Å². The van der Waals surface area contributed by atoms with E-state index in [1.54, 1.807) is 0 Å². The monoisotopic (exact) mass is 303 g/mol. The molecule has 0 aliphatic rings. The van der Waals surface area contributed by atoms with Crippen LogP contribution in [0.5, 0.6) is 0 Å². The molecule has 8 heteroatoms. The summed E-state index contributed by atoms with van der Waals surface area (Å²) < 4.78 is 0. The Morgan fingerprint density at radius 2 is 1.67 bits per heavy atom. The normalized spacial score (nSPS) is 13.8. The van der Waals surface area contributed by atoms with E-state index >= 15 is 0 Å². The van der Waals surface area contributed by atoms with E-state index in [0.717, 1.165) is 0 Å². The number of carbonyl (C=O) groups is 3. The third-order valence-electron chi connectivity index (χ3n) is 2.93. The third-order valence-corrected chi connectivity index (χ3v) is 2.93. The molecule has 1 unspecified atom stereocenters. The summed E-state index contributed by atoms with van der Waals surface area (Å²) >= 11 is 0. The smallest absolute Gasteiger partial charge is 0.326 e. The molecule has 0 aromatic rings. The van der Waals surface area contributed by atoms with Crippen LogP contribution in [0.1, 0.15) is 26.7 Å². The summed E-state index contributed by atoms with van der Waals surface area (Å²) in [5.74, 6) is -2.17. The number of hydrogen-bond acceptors (Lipinski definition) is 4. The second kappa shape index (κ2) is 9.17. The van der Waals surface area contributed by atoms with Gasteiger partial charge in [0.1, 0.15) is 6.04 Å². The first-order chi connectivity index (χ1) is 9.63. The van der Waals surface area contributed by atoms with E-state index in [1.165, 1.54) is 0 Å². The predicted octanol–water partition coefficient (Wildman–Crippen LogP) is 0.190. The van der Waals surface area contributed by atoms with Crippen LogP contribution in [0.25, 0.3) is 0 Å². The van der Waals surface area contributed by atoms with Gasteiger partial charge in [0.15, 0.2) is 0 Å². The van der Waals surface area contributed by atoms with Gasteiger partial charge in [-0.2, -0.15) is 0 Å². The summed E-state index contributed by atoms with van der Waals surface area (Å²) in [5.41, 5.74) is 0. The summed E-state index contributed by atoms with van der Waals surface area (Å²) in [6, 6.07) is -1.95. The topological polar surface area (TPSA) is 119 Å². The number of rotatable bonds is 9. The van der Waals surface area contributed by atoms with Crippen LogP contribution < -0.4 is 10.6 Å². The van der Waals surface area contributed by atoms with E-state index in [4.69, 9.17) is 10.2 Å². The maximum atomic E-state index is 11.8. The first kappa shape index (κ1) is 19.2. The zero-order valence-corrected chi connectivity index (χ0v) is 12.9. The van der Waals surface area contributed by atoms with E-state index in [2.05, 4.69) is 10.6 Å². The van der Waals surface area contributed by atoms with Gasteiger partial charge >= 0.3 is 18.0 Å². The average molecular weight is 303 g/mol. The van der Waals surface area contributed by atoms with Gasteiger partial charge in [-0.1, -0.05) is 13.8 Å². The molecule has 0 aliphatic carbocycles. The number of hydrogen-bond donors (Lipinski definition) is 4. The molecule has 21 heavy (non-hydrogen) atoms. The van der Waals surface area contributed by atoms with Crippen molar-refractivity contribution in [3.63, 3.8) is 0 Å². The molecule has 0 aromatic heterocycles. The van der Waals surface area contributed by atoms with Crippen LogP contribution >= 0.6 is 0 Å². The maximum absolute atomic E-state index is 11.8. The zero-order valence-electron chi connectivity index (χ0n) is 12.9. The predicted molar refractivity (Wildman–Crippen MR) is 77.1 cm³/mol. The molecular weight excluding hydrogens is 278 g/mol. The summed E-state index contributed by atoms with van der Waals surface area (Å²) in [7, 11) is 3.75. The SMILES string of the molecule is CC(C)C(CN(C)C)NC(=O)N[C@@H](CCC(=O)O)C(=O)O. The van der Waals surface area contributed by atoms with Crippen molar-refractivity contribution in [3.05, 3.63) is 0 Å². The molecule has 0 aromatic carbocycles. The molecule has 8 nitrogen and oxygen atoms in total. The summed E-state index contributed by atoms with van der Waals surface area (Å²) in [5, 5.41) is 22.6. The number of carbonyl (C=O) groups excluding carboxylic acids is 1. The van der Waals surface area contributed by atoms with E-state index < -0.39 is 24.0 Å². The number of nitrogens with zero attached hydrogens (tertiary/aromatic N) is 1. The average Bonchev–Trinajstić information content (AvgIpc) is 2.32. The Morgan fingerprint density at radius 1 is 1.10 bits per heavy atom. The van der Waals surface area contributed by atoms with Crippen LogP contribution in [0.2, 0.25) is 0 Å².